The van der Waals surface area contributed by atoms with Crippen molar-refractivity contribution < 1.29 is 28.0 Å². The number of nitro groups is 2. The van der Waals surface area contributed by atoms with Crippen LogP contribution in [0.1, 0.15) is 0 Å². The van der Waals surface area contributed by atoms with E-state index in [-0.39, 0.29) is 11.5 Å². The quantitative estimate of drug-likeness (QED) is 0.280. The second kappa shape index (κ2) is 8.41. The lowest BCUT2D eigenvalue weighted by atomic mass is 10.2. The van der Waals surface area contributed by atoms with Crippen LogP contribution in [-0.2, 0) is 4.57 Å². The fraction of sp³-hybridized carbons (Fsp3) is 0. The number of hydrogen-bond donors (Lipinski definition) is 0. The van der Waals surface area contributed by atoms with E-state index < -0.39 is 34.8 Å². The van der Waals surface area contributed by atoms with Crippen LogP contribution in [0, 0.1) is 20.2 Å². The first-order valence-corrected chi connectivity index (χ1v) is 9.54. The molecule has 3 rings (SSSR count). The lowest BCUT2D eigenvalue weighted by Crippen LogP contribution is -2.09. The summed E-state index contributed by atoms with van der Waals surface area (Å²) in [4.78, 5) is 20.7. The summed E-state index contributed by atoms with van der Waals surface area (Å²) < 4.78 is 29.3. The zero-order valence-corrected chi connectivity index (χ0v) is 15.5. The van der Waals surface area contributed by atoms with E-state index in [4.69, 9.17) is 13.6 Å². The van der Waals surface area contributed by atoms with E-state index in [0.29, 0.717) is 0 Å². The molecule has 3 aromatic rings. The Hall–Kier alpha value is -3.91. The highest BCUT2D eigenvalue weighted by Gasteiger charge is 2.36. The predicted octanol–water partition coefficient (Wildman–Crippen LogP) is 5.15. The van der Waals surface area contributed by atoms with Gasteiger partial charge in [-0.05, 0) is 24.3 Å². The normalized spacial score (nSPS) is 10.8. The molecule has 0 aliphatic carbocycles. The number of non-ortho nitro benzene ring substituents is 1. The summed E-state index contributed by atoms with van der Waals surface area (Å²) in [7, 11) is -4.53. The summed E-state index contributed by atoms with van der Waals surface area (Å²) >= 11 is 0. The van der Waals surface area contributed by atoms with Gasteiger partial charge in [-0.1, -0.05) is 36.4 Å². The highest BCUT2D eigenvalue weighted by atomic mass is 31.2. The molecule has 0 radical (unpaired) electrons. The molecule has 0 aromatic heterocycles. The van der Waals surface area contributed by atoms with E-state index in [1.807, 2.05) is 0 Å². The van der Waals surface area contributed by atoms with Crippen LogP contribution in [0.15, 0.2) is 78.9 Å². The smallest absolute Gasteiger partial charge is 0.386 e. The van der Waals surface area contributed by atoms with Gasteiger partial charge < -0.3 is 13.6 Å². The van der Waals surface area contributed by atoms with Gasteiger partial charge in [0.15, 0.2) is 0 Å². The van der Waals surface area contributed by atoms with Crippen molar-refractivity contribution in [2.75, 3.05) is 0 Å². The number of nitro benzene ring substituents is 2. The molecule has 11 heteroatoms. The molecule has 0 aliphatic rings. The average molecular weight is 416 g/mol. The van der Waals surface area contributed by atoms with Gasteiger partial charge in [-0.25, -0.2) is 0 Å². The van der Waals surface area contributed by atoms with Gasteiger partial charge in [0.25, 0.3) is 5.69 Å². The van der Waals surface area contributed by atoms with Gasteiger partial charge in [0.05, 0.1) is 15.9 Å². The van der Waals surface area contributed by atoms with Crippen molar-refractivity contribution >= 4 is 19.2 Å². The fourth-order valence-corrected chi connectivity index (χ4v) is 3.50. The topological polar surface area (TPSA) is 131 Å². The Morgan fingerprint density at radius 1 is 0.690 bits per heavy atom. The zero-order valence-electron chi connectivity index (χ0n) is 14.6. The number of phosphoric ester groups is 1. The van der Waals surface area contributed by atoms with Gasteiger partial charge in [-0.15, -0.1) is 0 Å². The largest absolute Gasteiger partial charge is 0.647 e. The van der Waals surface area contributed by atoms with Gasteiger partial charge in [-0.3, -0.25) is 20.2 Å². The summed E-state index contributed by atoms with van der Waals surface area (Å²) in [5, 5.41) is 22.3. The highest BCUT2D eigenvalue weighted by molar-refractivity contribution is 7.49. The number of para-hydroxylation sites is 2. The Morgan fingerprint density at radius 3 is 1.66 bits per heavy atom. The first-order chi connectivity index (χ1) is 13.9. The van der Waals surface area contributed by atoms with Crippen LogP contribution in [0.25, 0.3) is 0 Å². The van der Waals surface area contributed by atoms with E-state index in [1.54, 1.807) is 36.4 Å². The fourth-order valence-electron chi connectivity index (χ4n) is 2.24. The minimum absolute atomic E-state index is 0.111. The minimum Gasteiger partial charge on any atom is -0.386 e. The molecule has 0 saturated heterocycles. The van der Waals surface area contributed by atoms with Gasteiger partial charge in [0, 0.05) is 12.1 Å². The molecule has 0 heterocycles. The molecule has 0 unspecified atom stereocenters. The summed E-state index contributed by atoms with van der Waals surface area (Å²) in [6, 6.07) is 18.3. The Labute approximate surface area is 164 Å². The lowest BCUT2D eigenvalue weighted by molar-refractivity contribution is -0.389. The van der Waals surface area contributed by atoms with E-state index >= 15 is 0 Å². The predicted molar refractivity (Wildman–Crippen MR) is 102 cm³/mol. The Balaban J connectivity index is 2.02. The summed E-state index contributed by atoms with van der Waals surface area (Å²) in [6.07, 6.45) is 0. The van der Waals surface area contributed by atoms with E-state index in [2.05, 4.69) is 0 Å². The van der Waals surface area contributed by atoms with Crippen LogP contribution in [0.5, 0.6) is 17.2 Å². The molecule has 0 saturated carbocycles. The standard InChI is InChI=1S/C18H13N2O8P/c21-19(22)14-11-12-17(20(23)24)18(13-14)28-29(25,26-15-7-3-1-4-8-15)27-16-9-5-2-6-10-16/h1-13H. The van der Waals surface area contributed by atoms with Crippen LogP contribution in [-0.4, -0.2) is 9.85 Å². The van der Waals surface area contributed by atoms with E-state index in [1.165, 1.54) is 24.3 Å². The molecule has 0 N–H and O–H groups in total. The van der Waals surface area contributed by atoms with Crippen molar-refractivity contribution in [2.24, 2.45) is 0 Å². The SMILES string of the molecule is O=[N+]([O-])c1ccc([N+](=O)[O-])c(OP(=O)(Oc2ccccc2)Oc2ccccc2)c1. The zero-order chi connectivity index (χ0) is 20.9. The van der Waals surface area contributed by atoms with Gasteiger partial charge in [0.2, 0.25) is 5.75 Å². The van der Waals surface area contributed by atoms with Crippen molar-refractivity contribution in [3.8, 4) is 17.2 Å². The van der Waals surface area contributed by atoms with Gasteiger partial charge >= 0.3 is 13.5 Å². The van der Waals surface area contributed by atoms with Crippen LogP contribution < -0.4 is 13.6 Å². The summed E-state index contributed by atoms with van der Waals surface area (Å²) in [5.74, 6) is -0.404. The number of benzene rings is 3. The second-order valence-electron chi connectivity index (χ2n) is 5.51. The van der Waals surface area contributed by atoms with Crippen LogP contribution in [0.2, 0.25) is 0 Å². The number of phosphoric acid groups is 1. The van der Waals surface area contributed by atoms with Crippen molar-refractivity contribution in [2.45, 2.75) is 0 Å². The third-order valence-electron chi connectivity index (χ3n) is 3.48. The van der Waals surface area contributed by atoms with Crippen LogP contribution >= 0.6 is 7.82 Å². The molecule has 0 fully saturated rings. The van der Waals surface area contributed by atoms with Crippen molar-refractivity contribution in [3.05, 3.63) is 99.1 Å². The number of rotatable bonds is 8. The first-order valence-electron chi connectivity index (χ1n) is 8.08. The monoisotopic (exact) mass is 416 g/mol. The number of nitrogens with zero attached hydrogens (tertiary/aromatic N) is 2. The molecule has 0 spiro atoms. The molecule has 3 aromatic carbocycles. The molecule has 148 valence electrons. The summed E-state index contributed by atoms with van der Waals surface area (Å²) in [6.45, 7) is 0. The van der Waals surface area contributed by atoms with Gasteiger partial charge in [0.1, 0.15) is 11.5 Å². The maximum atomic E-state index is 13.3. The molecule has 0 amide bonds. The van der Waals surface area contributed by atoms with Crippen LogP contribution in [0.4, 0.5) is 11.4 Å². The van der Waals surface area contributed by atoms with Crippen molar-refractivity contribution in [3.63, 3.8) is 0 Å². The minimum atomic E-state index is -4.53. The third kappa shape index (κ3) is 5.08. The van der Waals surface area contributed by atoms with Crippen LogP contribution in [0.3, 0.4) is 0 Å². The molecule has 10 nitrogen and oxygen atoms in total. The average Bonchev–Trinajstić information content (AvgIpc) is 2.69. The third-order valence-corrected chi connectivity index (χ3v) is 4.77. The molecule has 29 heavy (non-hydrogen) atoms. The molecule has 0 bridgehead atoms. The molecule has 0 aliphatic heterocycles. The van der Waals surface area contributed by atoms with E-state index in [0.717, 1.165) is 18.2 Å². The second-order valence-corrected chi connectivity index (χ2v) is 6.96. The van der Waals surface area contributed by atoms with Crippen molar-refractivity contribution in [1.29, 1.82) is 0 Å². The van der Waals surface area contributed by atoms with Gasteiger partial charge in [-0.2, -0.15) is 4.57 Å². The Bertz CT molecular complexity index is 1030. The van der Waals surface area contributed by atoms with Crippen molar-refractivity contribution in [1.82, 2.24) is 0 Å². The Kier molecular flexibility index (Phi) is 5.75. The lowest BCUT2D eigenvalue weighted by Gasteiger charge is -2.19. The molecular weight excluding hydrogens is 403 g/mol. The maximum Gasteiger partial charge on any atom is 0.647 e. The molecule has 0 atom stereocenters. The number of hydrogen-bond acceptors (Lipinski definition) is 8. The highest BCUT2D eigenvalue weighted by Crippen LogP contribution is 2.51. The Morgan fingerprint density at radius 2 is 1.21 bits per heavy atom. The maximum absolute atomic E-state index is 13.3. The molecular formula is C18H13N2O8P. The summed E-state index contributed by atoms with van der Waals surface area (Å²) in [5.41, 5.74) is -1.12. The first kappa shape index (κ1) is 19.8. The van der Waals surface area contributed by atoms with E-state index in [9.17, 15) is 24.8 Å².